The Morgan fingerprint density at radius 3 is 2.44 bits per heavy atom. The summed E-state index contributed by atoms with van der Waals surface area (Å²) >= 11 is 0. The lowest BCUT2D eigenvalue weighted by molar-refractivity contribution is 0.401. The number of sulfonamides is 1. The quantitative estimate of drug-likeness (QED) is 0.808. The summed E-state index contributed by atoms with van der Waals surface area (Å²) in [5.74, 6) is 1.08. The van der Waals surface area contributed by atoms with E-state index in [0.717, 1.165) is 24.6 Å². The minimum Gasteiger partial charge on any atom is -0.354 e. The number of imidazole rings is 1. The summed E-state index contributed by atoms with van der Waals surface area (Å²) in [5, 5.41) is 8.67. The second kappa shape index (κ2) is 7.20. The van der Waals surface area contributed by atoms with Gasteiger partial charge in [-0.1, -0.05) is 20.8 Å². The predicted octanol–water partition coefficient (Wildman–Crippen LogP) is 1.97. The van der Waals surface area contributed by atoms with E-state index in [1.54, 1.807) is 17.1 Å². The van der Waals surface area contributed by atoms with Crippen molar-refractivity contribution in [2.75, 3.05) is 24.5 Å². The minimum absolute atomic E-state index is 0.0240. The predicted molar refractivity (Wildman–Crippen MR) is 104 cm³/mol. The Hall–Kier alpha value is -2.00. The van der Waals surface area contributed by atoms with Gasteiger partial charge in [-0.25, -0.2) is 18.1 Å². The van der Waals surface area contributed by atoms with Gasteiger partial charge in [0.2, 0.25) is 0 Å². The fraction of sp³-hybridized carbons (Fsp3) is 0.611. The maximum atomic E-state index is 12.4. The van der Waals surface area contributed by atoms with Gasteiger partial charge in [0.05, 0.1) is 12.0 Å². The van der Waals surface area contributed by atoms with E-state index in [1.165, 1.54) is 0 Å². The lowest BCUT2D eigenvalue weighted by Crippen LogP contribution is -2.51. The molecule has 1 fully saturated rings. The van der Waals surface area contributed by atoms with Crippen molar-refractivity contribution in [1.29, 1.82) is 0 Å². The fourth-order valence-corrected chi connectivity index (χ4v) is 3.87. The maximum Gasteiger partial charge on any atom is 0.259 e. The standard InChI is InChI=1S/C18H28N6O2S/c1-13(2)24-11-17(19-12-24)27(25,26)20-8-14-9-23(10-14)16-7-6-15(21-22-16)18(3,4)5/h6-7,11-14,20H,8-10H2,1-5H3. The highest BCUT2D eigenvalue weighted by atomic mass is 32.2. The van der Waals surface area contributed by atoms with E-state index in [9.17, 15) is 8.42 Å². The summed E-state index contributed by atoms with van der Waals surface area (Å²) in [6.07, 6.45) is 3.11. The Morgan fingerprint density at radius 1 is 1.22 bits per heavy atom. The van der Waals surface area contributed by atoms with Gasteiger partial charge >= 0.3 is 0 Å². The first-order chi connectivity index (χ1) is 12.6. The molecular weight excluding hydrogens is 364 g/mol. The van der Waals surface area contributed by atoms with E-state index in [2.05, 4.69) is 45.6 Å². The van der Waals surface area contributed by atoms with Crippen LogP contribution in [0.2, 0.25) is 0 Å². The van der Waals surface area contributed by atoms with Crippen LogP contribution >= 0.6 is 0 Å². The van der Waals surface area contributed by atoms with Crippen molar-refractivity contribution in [1.82, 2.24) is 24.5 Å². The number of aromatic nitrogens is 4. The molecule has 3 rings (SSSR count). The van der Waals surface area contributed by atoms with Gasteiger partial charge in [-0.3, -0.25) is 0 Å². The molecule has 0 saturated carbocycles. The third-order valence-electron chi connectivity index (χ3n) is 4.71. The molecule has 1 aliphatic heterocycles. The third kappa shape index (κ3) is 4.47. The van der Waals surface area contributed by atoms with Crippen LogP contribution in [0.15, 0.2) is 29.7 Å². The van der Waals surface area contributed by atoms with Gasteiger partial charge in [-0.05, 0) is 26.0 Å². The molecule has 0 radical (unpaired) electrons. The molecule has 148 valence electrons. The first kappa shape index (κ1) is 19.8. The smallest absolute Gasteiger partial charge is 0.259 e. The van der Waals surface area contributed by atoms with Crippen molar-refractivity contribution >= 4 is 15.8 Å². The highest BCUT2D eigenvalue weighted by Gasteiger charge is 2.30. The first-order valence-electron chi connectivity index (χ1n) is 9.18. The van der Waals surface area contributed by atoms with Crippen molar-refractivity contribution in [3.63, 3.8) is 0 Å². The molecule has 27 heavy (non-hydrogen) atoms. The third-order valence-corrected chi connectivity index (χ3v) is 6.02. The van der Waals surface area contributed by atoms with E-state index in [4.69, 9.17) is 0 Å². The van der Waals surface area contributed by atoms with Gasteiger partial charge in [0.25, 0.3) is 10.0 Å². The maximum absolute atomic E-state index is 12.4. The summed E-state index contributed by atoms with van der Waals surface area (Å²) in [6.45, 7) is 12.2. The van der Waals surface area contributed by atoms with Crippen molar-refractivity contribution in [3.05, 3.63) is 30.4 Å². The van der Waals surface area contributed by atoms with Crippen LogP contribution in [0, 0.1) is 5.92 Å². The Labute approximate surface area is 161 Å². The molecule has 0 aliphatic carbocycles. The van der Waals surface area contributed by atoms with Crippen molar-refractivity contribution < 1.29 is 8.42 Å². The first-order valence-corrected chi connectivity index (χ1v) is 10.7. The molecule has 1 N–H and O–H groups in total. The number of hydrogen-bond donors (Lipinski definition) is 1. The van der Waals surface area contributed by atoms with Crippen molar-refractivity contribution in [2.45, 2.75) is 51.1 Å². The number of rotatable bonds is 6. The Morgan fingerprint density at radius 2 is 1.93 bits per heavy atom. The summed E-state index contributed by atoms with van der Waals surface area (Å²) in [4.78, 5) is 6.11. The molecule has 9 heteroatoms. The van der Waals surface area contributed by atoms with Crippen LogP contribution in [0.4, 0.5) is 5.82 Å². The molecule has 1 saturated heterocycles. The number of hydrogen-bond acceptors (Lipinski definition) is 6. The van der Waals surface area contributed by atoms with Crippen LogP contribution in [0.25, 0.3) is 0 Å². The molecule has 2 aromatic heterocycles. The van der Waals surface area contributed by atoms with Crippen LogP contribution < -0.4 is 9.62 Å². The molecule has 8 nitrogen and oxygen atoms in total. The molecule has 0 spiro atoms. The summed E-state index contributed by atoms with van der Waals surface area (Å²) < 4.78 is 29.2. The zero-order valence-electron chi connectivity index (χ0n) is 16.5. The summed E-state index contributed by atoms with van der Waals surface area (Å²) in [6, 6.07) is 4.16. The Kier molecular flexibility index (Phi) is 5.27. The van der Waals surface area contributed by atoms with E-state index in [-0.39, 0.29) is 22.4 Å². The number of nitrogens with one attached hydrogen (secondary N) is 1. The normalized spacial score (nSPS) is 16.0. The van der Waals surface area contributed by atoms with E-state index in [1.807, 2.05) is 26.0 Å². The van der Waals surface area contributed by atoms with Crippen molar-refractivity contribution in [2.24, 2.45) is 5.92 Å². The van der Waals surface area contributed by atoms with Gasteiger partial charge in [-0.15, -0.1) is 5.10 Å². The van der Waals surface area contributed by atoms with Crippen LogP contribution in [-0.4, -0.2) is 47.8 Å². The molecule has 3 heterocycles. The molecule has 2 aromatic rings. The monoisotopic (exact) mass is 392 g/mol. The fourth-order valence-electron chi connectivity index (χ4n) is 2.82. The molecule has 0 aromatic carbocycles. The zero-order chi connectivity index (χ0) is 19.8. The molecule has 0 bridgehead atoms. The minimum atomic E-state index is -3.58. The Balaban J connectivity index is 1.51. The Bertz CT molecular complexity index is 877. The number of anilines is 1. The summed E-state index contributed by atoms with van der Waals surface area (Å²) in [7, 11) is -3.58. The van der Waals surface area contributed by atoms with E-state index < -0.39 is 10.0 Å². The molecule has 1 aliphatic rings. The average Bonchev–Trinajstić information content (AvgIpc) is 3.04. The zero-order valence-corrected chi connectivity index (χ0v) is 17.4. The molecule has 0 unspecified atom stereocenters. The lowest BCUT2D eigenvalue weighted by atomic mass is 9.92. The molecule has 0 atom stereocenters. The molecule has 0 amide bonds. The van der Waals surface area contributed by atoms with Crippen LogP contribution in [0.3, 0.4) is 0 Å². The average molecular weight is 393 g/mol. The van der Waals surface area contributed by atoms with Gasteiger partial charge < -0.3 is 9.47 Å². The number of nitrogens with zero attached hydrogens (tertiary/aromatic N) is 5. The second-order valence-electron chi connectivity index (χ2n) is 8.40. The van der Waals surface area contributed by atoms with E-state index in [0.29, 0.717) is 6.54 Å². The second-order valence-corrected chi connectivity index (χ2v) is 10.1. The van der Waals surface area contributed by atoms with Gasteiger partial charge in [0.15, 0.2) is 10.8 Å². The highest BCUT2D eigenvalue weighted by Crippen LogP contribution is 2.25. The van der Waals surface area contributed by atoms with Crippen LogP contribution in [-0.2, 0) is 15.4 Å². The largest absolute Gasteiger partial charge is 0.354 e. The summed E-state index contributed by atoms with van der Waals surface area (Å²) in [5.41, 5.74) is 0.932. The molecular formula is C18H28N6O2S. The van der Waals surface area contributed by atoms with Crippen molar-refractivity contribution in [3.8, 4) is 0 Å². The van der Waals surface area contributed by atoms with Gasteiger partial charge in [0.1, 0.15) is 0 Å². The van der Waals surface area contributed by atoms with E-state index >= 15 is 0 Å². The SMILES string of the molecule is CC(C)n1cnc(S(=O)(=O)NCC2CN(c3ccc(C(C)(C)C)nn3)C2)c1. The van der Waals surface area contributed by atoms with Gasteiger partial charge in [0, 0.05) is 43.2 Å². The lowest BCUT2D eigenvalue weighted by Gasteiger charge is -2.40. The van der Waals surface area contributed by atoms with Crippen LogP contribution in [0.5, 0.6) is 0 Å². The highest BCUT2D eigenvalue weighted by molar-refractivity contribution is 7.89. The van der Waals surface area contributed by atoms with Crippen LogP contribution in [0.1, 0.15) is 46.4 Å². The topological polar surface area (TPSA) is 93.0 Å². The van der Waals surface area contributed by atoms with Gasteiger partial charge in [-0.2, -0.15) is 5.10 Å².